The third-order valence-electron chi connectivity index (χ3n) is 2.27. The summed E-state index contributed by atoms with van der Waals surface area (Å²) in [6.45, 7) is 3.51. The van der Waals surface area contributed by atoms with E-state index >= 15 is 0 Å². The molecule has 0 saturated carbocycles. The lowest BCUT2D eigenvalue weighted by atomic mass is 10.3. The van der Waals surface area contributed by atoms with Crippen molar-refractivity contribution in [1.82, 2.24) is 14.7 Å². The van der Waals surface area contributed by atoms with Crippen LogP contribution >= 0.6 is 11.8 Å². The van der Waals surface area contributed by atoms with Crippen molar-refractivity contribution in [3.63, 3.8) is 0 Å². The van der Waals surface area contributed by atoms with Crippen LogP contribution in [0.4, 0.5) is 0 Å². The lowest BCUT2D eigenvalue weighted by Gasteiger charge is -2.25. The van der Waals surface area contributed by atoms with Crippen LogP contribution in [-0.2, 0) is 13.6 Å². The van der Waals surface area contributed by atoms with Crippen LogP contribution in [0.2, 0.25) is 0 Å². The molecule has 72 valence electrons. The van der Waals surface area contributed by atoms with Crippen LogP contribution in [0, 0.1) is 0 Å². The molecule has 0 N–H and O–H groups in total. The maximum Gasteiger partial charge on any atom is 0.0534 e. The Balaban J connectivity index is 1.89. The smallest absolute Gasteiger partial charge is 0.0534 e. The minimum Gasteiger partial charge on any atom is -0.297 e. The summed E-state index contributed by atoms with van der Waals surface area (Å²) in [6.07, 6.45) is 4.06. The van der Waals surface area contributed by atoms with E-state index in [9.17, 15) is 0 Å². The van der Waals surface area contributed by atoms with Crippen molar-refractivity contribution in [3.05, 3.63) is 18.0 Å². The first-order chi connectivity index (χ1) is 6.34. The van der Waals surface area contributed by atoms with Crippen LogP contribution in [0.5, 0.6) is 0 Å². The van der Waals surface area contributed by atoms with E-state index in [0.717, 1.165) is 6.54 Å². The number of hydrogen-bond donors (Lipinski definition) is 0. The summed E-state index contributed by atoms with van der Waals surface area (Å²) in [5, 5.41) is 4.17. The predicted molar refractivity (Wildman–Crippen MR) is 55.8 cm³/mol. The number of hydrogen-bond acceptors (Lipinski definition) is 3. The van der Waals surface area contributed by atoms with Crippen molar-refractivity contribution in [2.24, 2.45) is 7.05 Å². The number of rotatable bonds is 2. The van der Waals surface area contributed by atoms with E-state index in [1.807, 2.05) is 17.9 Å². The van der Waals surface area contributed by atoms with Crippen LogP contribution in [0.1, 0.15) is 5.56 Å². The van der Waals surface area contributed by atoms with Crippen molar-refractivity contribution < 1.29 is 0 Å². The van der Waals surface area contributed by atoms with Crippen LogP contribution < -0.4 is 0 Å². The molecule has 0 amide bonds. The van der Waals surface area contributed by atoms with Gasteiger partial charge in [0.2, 0.25) is 0 Å². The maximum absolute atomic E-state index is 4.17. The molecule has 2 rings (SSSR count). The first-order valence-corrected chi connectivity index (χ1v) is 5.78. The van der Waals surface area contributed by atoms with Crippen LogP contribution in [0.25, 0.3) is 0 Å². The molecule has 1 aromatic rings. The summed E-state index contributed by atoms with van der Waals surface area (Å²) < 4.78 is 1.87. The first-order valence-electron chi connectivity index (χ1n) is 4.62. The normalized spacial score (nSPS) is 19.2. The summed E-state index contributed by atoms with van der Waals surface area (Å²) in [5.74, 6) is 2.56. The molecule has 0 unspecified atom stereocenters. The molecule has 1 fully saturated rings. The summed E-state index contributed by atoms with van der Waals surface area (Å²) in [6, 6.07) is 0. The fourth-order valence-electron chi connectivity index (χ4n) is 1.57. The Morgan fingerprint density at radius 1 is 1.46 bits per heavy atom. The molecule has 1 aromatic heterocycles. The van der Waals surface area contributed by atoms with Gasteiger partial charge in [0.05, 0.1) is 6.20 Å². The quantitative estimate of drug-likeness (QED) is 0.705. The van der Waals surface area contributed by atoms with Crippen molar-refractivity contribution >= 4 is 11.8 Å². The van der Waals surface area contributed by atoms with Crippen LogP contribution in [0.15, 0.2) is 12.4 Å². The molecule has 0 radical (unpaired) electrons. The predicted octanol–water partition coefficient (Wildman–Crippen LogP) is 0.969. The molecule has 1 aliphatic heterocycles. The Morgan fingerprint density at radius 2 is 2.23 bits per heavy atom. The minimum absolute atomic E-state index is 1.06. The number of aryl methyl sites for hydroxylation is 1. The molecule has 1 aliphatic rings. The maximum atomic E-state index is 4.17. The summed E-state index contributed by atoms with van der Waals surface area (Å²) in [7, 11) is 1.97. The van der Waals surface area contributed by atoms with Crippen LogP contribution in [0.3, 0.4) is 0 Å². The number of nitrogens with zero attached hydrogens (tertiary/aromatic N) is 3. The third kappa shape index (κ3) is 2.48. The molecule has 0 aromatic carbocycles. The SMILES string of the molecule is Cn1cc(CN2CCSCC2)cn1. The molecule has 0 spiro atoms. The Bertz CT molecular complexity index is 266. The second kappa shape index (κ2) is 4.15. The average molecular weight is 197 g/mol. The fraction of sp³-hybridized carbons (Fsp3) is 0.667. The van der Waals surface area contributed by atoms with Crippen molar-refractivity contribution in [2.75, 3.05) is 24.6 Å². The van der Waals surface area contributed by atoms with Gasteiger partial charge in [0, 0.05) is 49.9 Å². The highest BCUT2D eigenvalue weighted by Crippen LogP contribution is 2.11. The van der Waals surface area contributed by atoms with Gasteiger partial charge in [0.15, 0.2) is 0 Å². The van der Waals surface area contributed by atoms with Gasteiger partial charge in [-0.25, -0.2) is 0 Å². The standard InChI is InChI=1S/C9H15N3S/c1-11-7-9(6-10-11)8-12-2-4-13-5-3-12/h6-7H,2-5,8H2,1H3. The summed E-state index contributed by atoms with van der Waals surface area (Å²) in [5.41, 5.74) is 1.33. The zero-order valence-corrected chi connectivity index (χ0v) is 8.76. The zero-order chi connectivity index (χ0) is 9.10. The second-order valence-electron chi connectivity index (χ2n) is 3.41. The molecular formula is C9H15N3S. The van der Waals surface area contributed by atoms with Gasteiger partial charge in [0.1, 0.15) is 0 Å². The highest BCUT2D eigenvalue weighted by Gasteiger charge is 2.10. The van der Waals surface area contributed by atoms with Gasteiger partial charge in [-0.15, -0.1) is 0 Å². The van der Waals surface area contributed by atoms with E-state index in [1.54, 1.807) is 0 Å². The Kier molecular flexibility index (Phi) is 2.90. The highest BCUT2D eigenvalue weighted by molar-refractivity contribution is 7.99. The lowest BCUT2D eigenvalue weighted by Crippen LogP contribution is -2.31. The average Bonchev–Trinajstić information content (AvgIpc) is 2.53. The molecule has 3 nitrogen and oxygen atoms in total. The number of aromatic nitrogens is 2. The first kappa shape index (κ1) is 9.09. The second-order valence-corrected chi connectivity index (χ2v) is 4.64. The fourth-order valence-corrected chi connectivity index (χ4v) is 2.55. The minimum atomic E-state index is 1.06. The van der Waals surface area contributed by atoms with Crippen molar-refractivity contribution in [2.45, 2.75) is 6.54 Å². The molecule has 4 heteroatoms. The van der Waals surface area contributed by atoms with Gasteiger partial charge >= 0.3 is 0 Å². The lowest BCUT2D eigenvalue weighted by molar-refractivity contribution is 0.294. The van der Waals surface area contributed by atoms with E-state index in [1.165, 1.54) is 30.2 Å². The largest absolute Gasteiger partial charge is 0.297 e. The molecule has 13 heavy (non-hydrogen) atoms. The Hall–Kier alpha value is -0.480. The van der Waals surface area contributed by atoms with E-state index < -0.39 is 0 Å². The highest BCUT2D eigenvalue weighted by atomic mass is 32.2. The third-order valence-corrected chi connectivity index (χ3v) is 3.21. The van der Waals surface area contributed by atoms with Gasteiger partial charge in [0.25, 0.3) is 0 Å². The van der Waals surface area contributed by atoms with E-state index in [2.05, 4.69) is 28.0 Å². The Labute approximate surface area is 83.1 Å². The summed E-state index contributed by atoms with van der Waals surface area (Å²) in [4.78, 5) is 2.49. The zero-order valence-electron chi connectivity index (χ0n) is 7.94. The van der Waals surface area contributed by atoms with Gasteiger partial charge in [-0.1, -0.05) is 0 Å². The van der Waals surface area contributed by atoms with Crippen LogP contribution in [-0.4, -0.2) is 39.3 Å². The number of thioether (sulfide) groups is 1. The van der Waals surface area contributed by atoms with E-state index in [4.69, 9.17) is 0 Å². The molecular weight excluding hydrogens is 182 g/mol. The van der Waals surface area contributed by atoms with Gasteiger partial charge in [-0.2, -0.15) is 16.9 Å². The van der Waals surface area contributed by atoms with Crippen molar-refractivity contribution in [1.29, 1.82) is 0 Å². The summed E-state index contributed by atoms with van der Waals surface area (Å²) >= 11 is 2.05. The molecule has 1 saturated heterocycles. The molecule has 0 bridgehead atoms. The van der Waals surface area contributed by atoms with Gasteiger partial charge < -0.3 is 0 Å². The van der Waals surface area contributed by atoms with E-state index in [0.29, 0.717) is 0 Å². The van der Waals surface area contributed by atoms with Crippen molar-refractivity contribution in [3.8, 4) is 0 Å². The molecule has 0 atom stereocenters. The monoisotopic (exact) mass is 197 g/mol. The van der Waals surface area contributed by atoms with Gasteiger partial charge in [-0.3, -0.25) is 9.58 Å². The van der Waals surface area contributed by atoms with E-state index in [-0.39, 0.29) is 0 Å². The Morgan fingerprint density at radius 3 is 2.85 bits per heavy atom. The van der Waals surface area contributed by atoms with Gasteiger partial charge in [-0.05, 0) is 0 Å². The molecule has 0 aliphatic carbocycles. The topological polar surface area (TPSA) is 21.1 Å². The molecule has 2 heterocycles.